The van der Waals surface area contributed by atoms with Crippen molar-refractivity contribution in [2.24, 2.45) is 46.3 Å². The number of rotatable bonds is 10. The number of aromatic nitrogens is 1. The van der Waals surface area contributed by atoms with Crippen LogP contribution in [0.25, 0.3) is 0 Å². The number of carbonyl (C=O) groups excluding carboxylic acids is 1. The van der Waals surface area contributed by atoms with Crippen molar-refractivity contribution in [3.8, 4) is 0 Å². The highest BCUT2D eigenvalue weighted by Crippen LogP contribution is 2.69. The molecule has 0 aromatic carbocycles. The molecule has 0 saturated heterocycles. The van der Waals surface area contributed by atoms with E-state index in [0.717, 1.165) is 57.4 Å². The Morgan fingerprint density at radius 3 is 2.42 bits per heavy atom. The summed E-state index contributed by atoms with van der Waals surface area (Å²) in [4.78, 5) is 27.9. The molecule has 0 bridgehead atoms. The Morgan fingerprint density at radius 1 is 1.04 bits per heavy atom. The van der Waals surface area contributed by atoms with Crippen molar-refractivity contribution in [2.75, 3.05) is 0 Å². The highest BCUT2D eigenvalue weighted by atomic mass is 19.4. The minimum atomic E-state index is -4.54. The summed E-state index contributed by atoms with van der Waals surface area (Å²) >= 11 is 0. The Kier molecular flexibility index (Phi) is 9.72. The van der Waals surface area contributed by atoms with Crippen molar-refractivity contribution in [3.63, 3.8) is 0 Å². The van der Waals surface area contributed by atoms with Gasteiger partial charge in [0.05, 0.1) is 5.60 Å². The van der Waals surface area contributed by atoms with Gasteiger partial charge in [-0.3, -0.25) is 14.6 Å². The molecular formula is C36H52F3NO5. The summed E-state index contributed by atoms with van der Waals surface area (Å²) in [5, 5.41) is 21.1. The number of alkyl halides is 3. The summed E-state index contributed by atoms with van der Waals surface area (Å²) < 4.78 is 46.0. The number of fused-ring (bicyclic) bond motifs is 5. The van der Waals surface area contributed by atoms with E-state index in [-0.39, 0.29) is 41.2 Å². The monoisotopic (exact) mass is 635 g/mol. The molecule has 4 aliphatic carbocycles. The summed E-state index contributed by atoms with van der Waals surface area (Å²) in [7, 11) is 0. The van der Waals surface area contributed by atoms with E-state index in [1.54, 1.807) is 0 Å². The molecule has 10 atom stereocenters. The molecule has 2 N–H and O–H groups in total. The van der Waals surface area contributed by atoms with Gasteiger partial charge in [-0.05, 0) is 117 Å². The quantitative estimate of drug-likeness (QED) is 0.250. The van der Waals surface area contributed by atoms with Gasteiger partial charge in [-0.2, -0.15) is 13.2 Å². The predicted molar refractivity (Wildman–Crippen MR) is 164 cm³/mol. The van der Waals surface area contributed by atoms with E-state index in [1.165, 1.54) is 12.3 Å². The molecule has 4 aliphatic rings. The molecule has 45 heavy (non-hydrogen) atoms. The second-order valence-corrected chi connectivity index (χ2v) is 15.5. The largest absolute Gasteiger partial charge is 0.481 e. The van der Waals surface area contributed by atoms with Crippen molar-refractivity contribution >= 4 is 11.9 Å². The fraction of sp³-hybridized carbons (Fsp3) is 0.806. The highest BCUT2D eigenvalue weighted by Gasteiger charge is 2.65. The Labute approximate surface area is 265 Å². The molecule has 1 heterocycles. The number of unbranched alkanes of at least 4 members (excludes halogenated alkanes) is 1. The van der Waals surface area contributed by atoms with Gasteiger partial charge >= 0.3 is 18.1 Å². The van der Waals surface area contributed by atoms with Gasteiger partial charge in [0.15, 0.2) is 0 Å². The number of aliphatic carboxylic acids is 1. The van der Waals surface area contributed by atoms with Crippen LogP contribution in [0.15, 0.2) is 18.3 Å². The molecule has 0 radical (unpaired) electrons. The van der Waals surface area contributed by atoms with Crippen LogP contribution in [0.3, 0.4) is 0 Å². The van der Waals surface area contributed by atoms with Crippen LogP contribution in [0.1, 0.15) is 129 Å². The predicted octanol–water partition coefficient (Wildman–Crippen LogP) is 8.55. The van der Waals surface area contributed by atoms with Gasteiger partial charge in [-0.1, -0.05) is 40.2 Å². The molecule has 4 saturated carbocycles. The minimum Gasteiger partial charge on any atom is -0.481 e. The molecule has 252 valence electrons. The second kappa shape index (κ2) is 12.8. The molecule has 0 amide bonds. The van der Waals surface area contributed by atoms with Gasteiger partial charge in [-0.15, -0.1) is 0 Å². The van der Waals surface area contributed by atoms with Crippen LogP contribution in [-0.4, -0.2) is 33.2 Å². The third-order valence-electron chi connectivity index (χ3n) is 13.1. The molecule has 4 fully saturated rings. The lowest BCUT2D eigenvalue weighted by atomic mass is 9.42. The summed E-state index contributed by atoms with van der Waals surface area (Å²) in [6, 6.07) is 2.33. The van der Waals surface area contributed by atoms with Gasteiger partial charge in [0.25, 0.3) is 0 Å². The van der Waals surface area contributed by atoms with Crippen molar-refractivity contribution < 1.29 is 37.7 Å². The third kappa shape index (κ3) is 6.53. The lowest BCUT2D eigenvalue weighted by Crippen LogP contribution is -2.60. The topological polar surface area (TPSA) is 96.7 Å². The van der Waals surface area contributed by atoms with Gasteiger partial charge in [0, 0.05) is 30.5 Å². The van der Waals surface area contributed by atoms with Crippen LogP contribution >= 0.6 is 0 Å². The first-order valence-corrected chi connectivity index (χ1v) is 17.3. The second-order valence-electron chi connectivity index (χ2n) is 15.5. The molecular weight excluding hydrogens is 583 g/mol. The first-order chi connectivity index (χ1) is 21.1. The van der Waals surface area contributed by atoms with Gasteiger partial charge in [0.2, 0.25) is 0 Å². The molecule has 9 heteroatoms. The van der Waals surface area contributed by atoms with Crippen LogP contribution in [0.5, 0.6) is 0 Å². The van der Waals surface area contributed by atoms with Crippen molar-refractivity contribution in [1.82, 2.24) is 4.98 Å². The van der Waals surface area contributed by atoms with E-state index >= 15 is 0 Å². The maximum Gasteiger partial charge on any atom is 0.433 e. The maximum absolute atomic E-state index is 13.2. The zero-order valence-electron chi connectivity index (χ0n) is 27.4. The number of ether oxygens (including phenoxy) is 1. The minimum absolute atomic E-state index is 0.0558. The number of hydrogen-bond acceptors (Lipinski definition) is 5. The maximum atomic E-state index is 13.2. The summed E-state index contributed by atoms with van der Waals surface area (Å²) in [6.45, 7) is 9.11. The lowest BCUT2D eigenvalue weighted by molar-refractivity contribution is -0.205. The Morgan fingerprint density at radius 2 is 1.78 bits per heavy atom. The first kappa shape index (κ1) is 34.2. The molecule has 0 spiro atoms. The first-order valence-electron chi connectivity index (χ1n) is 17.3. The van der Waals surface area contributed by atoms with Crippen molar-refractivity contribution in [2.45, 2.75) is 135 Å². The van der Waals surface area contributed by atoms with Crippen LogP contribution in [0, 0.1) is 46.3 Å². The average Bonchev–Trinajstić information content (AvgIpc) is 3.33. The number of carbonyl (C=O) groups is 2. The fourth-order valence-electron chi connectivity index (χ4n) is 10.7. The number of aliphatic hydroxyl groups is 1. The third-order valence-corrected chi connectivity index (χ3v) is 13.1. The summed E-state index contributed by atoms with van der Waals surface area (Å²) in [6.07, 6.45) is 6.82. The van der Waals surface area contributed by atoms with E-state index in [0.29, 0.717) is 61.3 Å². The van der Waals surface area contributed by atoms with E-state index in [2.05, 4.69) is 32.7 Å². The summed E-state index contributed by atoms with van der Waals surface area (Å²) in [5.41, 5.74) is -1.80. The fourth-order valence-corrected chi connectivity index (χ4v) is 10.7. The van der Waals surface area contributed by atoms with Gasteiger partial charge in [0.1, 0.15) is 11.8 Å². The van der Waals surface area contributed by atoms with Crippen LogP contribution in [-0.2, 0) is 26.1 Å². The number of esters is 1. The lowest BCUT2D eigenvalue weighted by Gasteiger charge is -2.63. The molecule has 1 aromatic heterocycles. The number of pyridine rings is 1. The van der Waals surface area contributed by atoms with Crippen LogP contribution < -0.4 is 0 Å². The number of nitrogens with zero attached hydrogens (tertiary/aromatic N) is 1. The smallest absolute Gasteiger partial charge is 0.433 e. The zero-order valence-corrected chi connectivity index (χ0v) is 27.4. The normalized spacial score (nSPS) is 38.5. The Bertz CT molecular complexity index is 1220. The Balaban J connectivity index is 1.41. The SMILES string of the molecule is CCCCC(=O)O[C@@H]1C[C@@H]2C[C@](O)(c3ccc(C(F)(F)F)nc3)CC[C@]2(C)[C@H]2CC[C@]3(C)[C@@H]([C@H](C)CCCC(=O)O)CC[C@H]3[C@H]12. The average molecular weight is 636 g/mol. The highest BCUT2D eigenvalue weighted by molar-refractivity contribution is 5.69. The molecule has 1 aromatic rings. The van der Waals surface area contributed by atoms with E-state index in [1.807, 2.05) is 0 Å². The van der Waals surface area contributed by atoms with Crippen molar-refractivity contribution in [1.29, 1.82) is 0 Å². The number of halogens is 3. The number of carboxylic acid groups (broad SMARTS) is 1. The number of carboxylic acids is 1. The van der Waals surface area contributed by atoms with E-state index < -0.39 is 23.4 Å². The molecule has 5 rings (SSSR count). The zero-order chi connectivity index (χ0) is 32.8. The molecule has 6 nitrogen and oxygen atoms in total. The standard InChI is InChI=1S/C36H52F3NO5/c1-5-6-10-31(43)45-28-19-24-20-35(44,23-11-14-29(40-21-23)36(37,38)39)18-17-33(24,3)27-15-16-34(4)25(12-13-26(34)32(27)28)22(2)8-7-9-30(41)42/h11,14,21-22,24-28,32,44H,5-10,12-13,15-20H2,1-4H3,(H,41,42)/t22-,24-,25-,26+,27+,28-,32+,33+,34-,35+/m1/s1. The van der Waals surface area contributed by atoms with Gasteiger partial charge < -0.3 is 14.9 Å². The molecule has 0 aliphatic heterocycles. The summed E-state index contributed by atoms with van der Waals surface area (Å²) in [5.74, 6) is 1.04. The van der Waals surface area contributed by atoms with E-state index in [9.17, 15) is 27.9 Å². The van der Waals surface area contributed by atoms with Crippen LogP contribution in [0.4, 0.5) is 13.2 Å². The van der Waals surface area contributed by atoms with Crippen molar-refractivity contribution in [3.05, 3.63) is 29.6 Å². The van der Waals surface area contributed by atoms with Gasteiger partial charge in [-0.25, -0.2) is 0 Å². The van der Waals surface area contributed by atoms with Crippen LogP contribution in [0.2, 0.25) is 0 Å². The number of hydrogen-bond donors (Lipinski definition) is 2. The Hall–Kier alpha value is -2.16. The molecule has 0 unspecified atom stereocenters. The van der Waals surface area contributed by atoms with E-state index in [4.69, 9.17) is 9.84 Å².